The summed E-state index contributed by atoms with van der Waals surface area (Å²) in [4.78, 5) is 11.4. The molecule has 0 saturated heterocycles. The normalized spacial score (nSPS) is 12.6. The maximum atomic E-state index is 11.4. The van der Waals surface area contributed by atoms with Crippen molar-refractivity contribution >= 4 is 17.1 Å². The number of carbonyl (C=O) groups excluding carboxylic acids is 1. The first kappa shape index (κ1) is 15.8. The molecular formula is C12H24O3S. The Morgan fingerprint density at radius 2 is 1.75 bits per heavy atom. The van der Waals surface area contributed by atoms with E-state index in [0.29, 0.717) is 6.61 Å². The van der Waals surface area contributed by atoms with E-state index in [-0.39, 0.29) is 10.9 Å². The van der Waals surface area contributed by atoms with Crippen molar-refractivity contribution in [3.63, 3.8) is 0 Å². The molecule has 0 saturated carbocycles. The average Bonchev–Trinajstić information content (AvgIpc) is 1.99. The highest BCUT2D eigenvalue weighted by Crippen LogP contribution is 2.20. The van der Waals surface area contributed by atoms with E-state index in [9.17, 15) is 4.79 Å². The second kappa shape index (κ2) is 6.50. The summed E-state index contributed by atoms with van der Waals surface area (Å²) in [7, 11) is 0. The molecule has 0 aliphatic rings. The van der Waals surface area contributed by atoms with Crippen LogP contribution in [0.4, 0.5) is 4.79 Å². The lowest BCUT2D eigenvalue weighted by atomic mass is 10.1. The van der Waals surface area contributed by atoms with Crippen LogP contribution in [0.5, 0.6) is 0 Å². The largest absolute Gasteiger partial charge is 0.452 e. The minimum Gasteiger partial charge on any atom is -0.452 e. The zero-order chi connectivity index (χ0) is 12.8. The number of ether oxygens (including phenoxy) is 2. The van der Waals surface area contributed by atoms with Gasteiger partial charge in [0.2, 0.25) is 0 Å². The van der Waals surface area contributed by atoms with Gasteiger partial charge in [0.1, 0.15) is 5.60 Å². The van der Waals surface area contributed by atoms with Crippen LogP contribution in [0.2, 0.25) is 0 Å². The van der Waals surface area contributed by atoms with Crippen LogP contribution in [0.1, 0.15) is 48.0 Å². The lowest BCUT2D eigenvalue weighted by molar-refractivity contribution is -0.0116. The van der Waals surface area contributed by atoms with Crippen LogP contribution in [0.25, 0.3) is 0 Å². The summed E-state index contributed by atoms with van der Waals surface area (Å²) >= 11 is 1.21. The molecule has 0 aromatic heterocycles. The van der Waals surface area contributed by atoms with Crippen molar-refractivity contribution in [1.29, 1.82) is 0 Å². The second-order valence-electron chi connectivity index (χ2n) is 5.26. The van der Waals surface area contributed by atoms with Crippen molar-refractivity contribution in [2.24, 2.45) is 0 Å². The van der Waals surface area contributed by atoms with Crippen molar-refractivity contribution in [2.45, 2.75) is 59.2 Å². The molecule has 0 fully saturated rings. The van der Waals surface area contributed by atoms with Gasteiger partial charge in [0, 0.05) is 12.4 Å². The quantitative estimate of drug-likeness (QED) is 0.692. The van der Waals surface area contributed by atoms with E-state index in [1.807, 2.05) is 41.5 Å². The number of rotatable bonds is 5. The van der Waals surface area contributed by atoms with Gasteiger partial charge >= 0.3 is 5.30 Å². The Morgan fingerprint density at radius 3 is 2.19 bits per heavy atom. The van der Waals surface area contributed by atoms with Gasteiger partial charge in [-0.25, -0.2) is 4.79 Å². The van der Waals surface area contributed by atoms with E-state index >= 15 is 0 Å². The molecule has 0 aromatic rings. The molecule has 0 aromatic carbocycles. The predicted molar refractivity (Wildman–Crippen MR) is 69.0 cm³/mol. The summed E-state index contributed by atoms with van der Waals surface area (Å²) < 4.78 is 10.7. The minimum atomic E-state index is -0.403. The molecular weight excluding hydrogens is 224 g/mol. The third kappa shape index (κ3) is 9.04. The summed E-state index contributed by atoms with van der Waals surface area (Å²) in [6, 6.07) is 0. The smallest absolute Gasteiger partial charge is 0.367 e. The van der Waals surface area contributed by atoms with E-state index in [0.717, 1.165) is 12.2 Å². The van der Waals surface area contributed by atoms with E-state index in [4.69, 9.17) is 9.47 Å². The number of hydrogen-bond donors (Lipinski definition) is 0. The molecule has 4 heteroatoms. The first-order chi connectivity index (χ1) is 7.16. The van der Waals surface area contributed by atoms with Crippen LogP contribution in [0.15, 0.2) is 0 Å². The summed E-state index contributed by atoms with van der Waals surface area (Å²) in [5, 5.41) is -0.209. The van der Waals surface area contributed by atoms with Crippen LogP contribution < -0.4 is 0 Å². The minimum absolute atomic E-state index is 0.163. The molecule has 0 aliphatic heterocycles. The highest BCUT2D eigenvalue weighted by molar-refractivity contribution is 8.13. The molecule has 0 radical (unpaired) electrons. The van der Waals surface area contributed by atoms with Gasteiger partial charge in [0.25, 0.3) is 0 Å². The number of carbonyl (C=O) groups is 1. The molecule has 0 rings (SSSR count). The molecule has 0 atom stereocenters. The van der Waals surface area contributed by atoms with Crippen LogP contribution in [-0.4, -0.2) is 28.9 Å². The Bertz CT molecular complexity index is 219. The maximum Gasteiger partial charge on any atom is 0.367 e. The highest BCUT2D eigenvalue weighted by atomic mass is 32.2. The fourth-order valence-corrected chi connectivity index (χ4v) is 2.19. The molecule has 0 amide bonds. The lowest BCUT2D eigenvalue weighted by Gasteiger charge is -2.24. The zero-order valence-corrected chi connectivity index (χ0v) is 12.1. The lowest BCUT2D eigenvalue weighted by Crippen LogP contribution is -2.26. The summed E-state index contributed by atoms with van der Waals surface area (Å²) in [6.07, 6.45) is 0.838. The fourth-order valence-electron chi connectivity index (χ4n) is 1.12. The first-order valence-electron chi connectivity index (χ1n) is 5.66. The molecule has 0 heterocycles. The molecule has 0 unspecified atom stereocenters. The Kier molecular flexibility index (Phi) is 6.41. The Balaban J connectivity index is 3.78. The van der Waals surface area contributed by atoms with Crippen LogP contribution in [0.3, 0.4) is 0 Å². The predicted octanol–water partition coefficient (Wildman–Crippen LogP) is 3.86. The number of hydrogen-bond acceptors (Lipinski definition) is 4. The monoisotopic (exact) mass is 248 g/mol. The highest BCUT2D eigenvalue weighted by Gasteiger charge is 2.20. The van der Waals surface area contributed by atoms with Gasteiger partial charge in [-0.2, -0.15) is 0 Å². The van der Waals surface area contributed by atoms with E-state index < -0.39 is 5.60 Å². The third-order valence-electron chi connectivity index (χ3n) is 1.85. The average molecular weight is 248 g/mol. The van der Waals surface area contributed by atoms with Gasteiger partial charge in [0.15, 0.2) is 0 Å². The Hall–Kier alpha value is -0.220. The van der Waals surface area contributed by atoms with Crippen LogP contribution >= 0.6 is 11.8 Å². The first-order valence-corrected chi connectivity index (χ1v) is 6.64. The molecule has 16 heavy (non-hydrogen) atoms. The van der Waals surface area contributed by atoms with Gasteiger partial charge in [-0.15, -0.1) is 0 Å². The van der Waals surface area contributed by atoms with Gasteiger partial charge in [0.05, 0.1) is 5.60 Å². The Labute approximate surface area is 103 Å². The van der Waals surface area contributed by atoms with Crippen LogP contribution in [-0.2, 0) is 9.47 Å². The van der Waals surface area contributed by atoms with Crippen molar-refractivity contribution in [3.05, 3.63) is 0 Å². The van der Waals surface area contributed by atoms with Crippen LogP contribution in [0, 0.1) is 0 Å². The molecule has 96 valence electrons. The van der Waals surface area contributed by atoms with Crippen molar-refractivity contribution in [3.8, 4) is 0 Å². The van der Waals surface area contributed by atoms with Gasteiger partial charge < -0.3 is 9.47 Å². The zero-order valence-electron chi connectivity index (χ0n) is 11.3. The van der Waals surface area contributed by atoms with E-state index in [2.05, 4.69) is 0 Å². The van der Waals surface area contributed by atoms with Crippen molar-refractivity contribution < 1.29 is 14.3 Å². The number of thioether (sulfide) groups is 1. The SMILES string of the molecule is CCOC(C)(C)CCSC(=O)OC(C)(C)C. The van der Waals surface area contributed by atoms with Crippen molar-refractivity contribution in [2.75, 3.05) is 12.4 Å². The third-order valence-corrected chi connectivity index (χ3v) is 2.58. The molecule has 0 N–H and O–H groups in total. The van der Waals surface area contributed by atoms with E-state index in [1.165, 1.54) is 11.8 Å². The standard InChI is InChI=1S/C12H24O3S/c1-7-14-12(5,6)8-9-16-10(13)15-11(2,3)4/h7-9H2,1-6H3. The van der Waals surface area contributed by atoms with Crippen molar-refractivity contribution in [1.82, 2.24) is 0 Å². The molecule has 3 nitrogen and oxygen atoms in total. The topological polar surface area (TPSA) is 35.5 Å². The van der Waals surface area contributed by atoms with Gasteiger partial charge in [-0.1, -0.05) is 0 Å². The maximum absolute atomic E-state index is 11.4. The second-order valence-corrected chi connectivity index (χ2v) is 6.29. The summed E-state index contributed by atoms with van der Waals surface area (Å²) in [6.45, 7) is 12.4. The molecule has 0 bridgehead atoms. The molecule has 0 spiro atoms. The van der Waals surface area contributed by atoms with E-state index in [1.54, 1.807) is 0 Å². The summed E-state index contributed by atoms with van der Waals surface area (Å²) in [5.74, 6) is 0.724. The summed E-state index contributed by atoms with van der Waals surface area (Å²) in [5.41, 5.74) is -0.566. The Morgan fingerprint density at radius 1 is 1.19 bits per heavy atom. The molecule has 0 aliphatic carbocycles. The fraction of sp³-hybridized carbons (Fsp3) is 0.917. The van der Waals surface area contributed by atoms with Gasteiger partial charge in [-0.3, -0.25) is 0 Å². The van der Waals surface area contributed by atoms with Gasteiger partial charge in [-0.05, 0) is 59.7 Å².